The van der Waals surface area contributed by atoms with Crippen LogP contribution in [0.15, 0.2) is 18.2 Å². The van der Waals surface area contributed by atoms with E-state index in [4.69, 9.17) is 16.9 Å². The van der Waals surface area contributed by atoms with E-state index in [1.54, 1.807) is 12.1 Å². The summed E-state index contributed by atoms with van der Waals surface area (Å²) in [6, 6.07) is 6.75. The van der Waals surface area contributed by atoms with Crippen molar-refractivity contribution in [2.75, 3.05) is 6.54 Å². The number of hydrogen-bond donors (Lipinski definition) is 1. The second kappa shape index (κ2) is 5.23. The van der Waals surface area contributed by atoms with Crippen LogP contribution in [0, 0.1) is 17.1 Å². The molecule has 1 aliphatic rings. The van der Waals surface area contributed by atoms with E-state index < -0.39 is 5.82 Å². The van der Waals surface area contributed by atoms with Crippen molar-refractivity contribution in [3.05, 3.63) is 51.6 Å². The van der Waals surface area contributed by atoms with Crippen LogP contribution in [-0.2, 0) is 19.5 Å². The molecule has 3 rings (SSSR count). The SMILES string of the molecule is N#Cc1nn(Cc2ccc(F)c(Cl)c2)c2c1CNCC2. The summed E-state index contributed by atoms with van der Waals surface area (Å²) in [7, 11) is 0. The van der Waals surface area contributed by atoms with E-state index in [1.807, 2.05) is 4.68 Å². The van der Waals surface area contributed by atoms with E-state index in [0.29, 0.717) is 18.8 Å². The lowest BCUT2D eigenvalue weighted by atomic mass is 10.1. The van der Waals surface area contributed by atoms with Gasteiger partial charge in [0.25, 0.3) is 0 Å². The summed E-state index contributed by atoms with van der Waals surface area (Å²) < 4.78 is 15.0. The summed E-state index contributed by atoms with van der Waals surface area (Å²) in [6.45, 7) is 2.03. The van der Waals surface area contributed by atoms with E-state index in [9.17, 15) is 4.39 Å². The first-order valence-corrected chi connectivity index (χ1v) is 6.70. The van der Waals surface area contributed by atoms with Crippen LogP contribution in [0.5, 0.6) is 0 Å². The lowest BCUT2D eigenvalue weighted by Crippen LogP contribution is -2.25. The first kappa shape index (κ1) is 13.1. The number of nitriles is 1. The van der Waals surface area contributed by atoms with Gasteiger partial charge in [0.2, 0.25) is 0 Å². The molecule has 0 bridgehead atoms. The van der Waals surface area contributed by atoms with Crippen molar-refractivity contribution < 1.29 is 4.39 Å². The highest BCUT2D eigenvalue weighted by molar-refractivity contribution is 6.30. The lowest BCUT2D eigenvalue weighted by Gasteiger charge is -2.15. The highest BCUT2D eigenvalue weighted by atomic mass is 35.5. The van der Waals surface area contributed by atoms with Gasteiger partial charge in [-0.1, -0.05) is 17.7 Å². The second-order valence-electron chi connectivity index (χ2n) is 4.72. The smallest absolute Gasteiger partial charge is 0.167 e. The number of benzene rings is 1. The maximum atomic E-state index is 13.2. The molecule has 6 heteroatoms. The summed E-state index contributed by atoms with van der Waals surface area (Å²) in [6.07, 6.45) is 0.832. The molecule has 0 amide bonds. The molecule has 0 fully saturated rings. The Morgan fingerprint density at radius 2 is 2.35 bits per heavy atom. The zero-order valence-corrected chi connectivity index (χ0v) is 11.4. The molecule has 4 nitrogen and oxygen atoms in total. The standard InChI is InChI=1S/C14H12ClFN4/c15-11-5-9(1-2-12(11)16)8-20-14-3-4-18-7-10(14)13(6-17)19-20/h1-2,5,18H,3-4,7-8H2. The van der Waals surface area contributed by atoms with Gasteiger partial charge in [-0.05, 0) is 17.7 Å². The minimum atomic E-state index is -0.431. The Morgan fingerprint density at radius 1 is 1.50 bits per heavy atom. The fourth-order valence-electron chi connectivity index (χ4n) is 2.45. The molecule has 0 spiro atoms. The van der Waals surface area contributed by atoms with E-state index in [2.05, 4.69) is 16.5 Å². The Labute approximate surface area is 120 Å². The fraction of sp³-hybridized carbons (Fsp3) is 0.286. The number of rotatable bonds is 2. The number of aromatic nitrogens is 2. The molecule has 1 aliphatic heterocycles. The quantitative estimate of drug-likeness (QED) is 0.923. The Bertz CT molecular complexity index is 702. The minimum Gasteiger partial charge on any atom is -0.312 e. The van der Waals surface area contributed by atoms with E-state index in [0.717, 1.165) is 29.8 Å². The molecule has 1 aromatic heterocycles. The van der Waals surface area contributed by atoms with Crippen LogP contribution in [0.3, 0.4) is 0 Å². The van der Waals surface area contributed by atoms with Crippen LogP contribution in [0.2, 0.25) is 5.02 Å². The third-order valence-electron chi connectivity index (χ3n) is 3.43. The van der Waals surface area contributed by atoms with Crippen LogP contribution >= 0.6 is 11.6 Å². The molecular weight excluding hydrogens is 279 g/mol. The van der Waals surface area contributed by atoms with Gasteiger partial charge >= 0.3 is 0 Å². The molecule has 0 saturated carbocycles. The monoisotopic (exact) mass is 290 g/mol. The Hall–Kier alpha value is -1.90. The van der Waals surface area contributed by atoms with Crippen molar-refractivity contribution in [3.63, 3.8) is 0 Å². The normalized spacial score (nSPS) is 13.8. The molecule has 102 valence electrons. The van der Waals surface area contributed by atoms with Gasteiger partial charge < -0.3 is 5.32 Å². The van der Waals surface area contributed by atoms with Gasteiger partial charge in [0.05, 0.1) is 11.6 Å². The topological polar surface area (TPSA) is 53.6 Å². The van der Waals surface area contributed by atoms with Gasteiger partial charge in [-0.25, -0.2) is 4.39 Å². The Balaban J connectivity index is 1.96. The first-order valence-electron chi connectivity index (χ1n) is 6.32. The number of halogens is 2. The lowest BCUT2D eigenvalue weighted by molar-refractivity contribution is 0.581. The molecule has 0 unspecified atom stereocenters. The molecule has 1 N–H and O–H groups in total. The van der Waals surface area contributed by atoms with Crippen LogP contribution in [0.4, 0.5) is 4.39 Å². The predicted molar refractivity (Wildman–Crippen MR) is 72.9 cm³/mol. The first-order chi connectivity index (χ1) is 9.69. The van der Waals surface area contributed by atoms with Gasteiger partial charge in [0, 0.05) is 30.8 Å². The molecule has 2 heterocycles. The molecule has 1 aromatic carbocycles. The van der Waals surface area contributed by atoms with Gasteiger partial charge in [0.15, 0.2) is 5.69 Å². The van der Waals surface area contributed by atoms with Crippen LogP contribution in [-0.4, -0.2) is 16.3 Å². The number of nitrogens with zero attached hydrogens (tertiary/aromatic N) is 3. The predicted octanol–water partition coefficient (Wildman–Crippen LogP) is 2.24. The fourth-order valence-corrected chi connectivity index (χ4v) is 2.65. The molecule has 0 aliphatic carbocycles. The van der Waals surface area contributed by atoms with Crippen molar-refractivity contribution >= 4 is 11.6 Å². The van der Waals surface area contributed by atoms with Crippen molar-refractivity contribution in [2.24, 2.45) is 0 Å². The van der Waals surface area contributed by atoms with Crippen molar-refractivity contribution in [3.8, 4) is 6.07 Å². The second-order valence-corrected chi connectivity index (χ2v) is 5.13. The van der Waals surface area contributed by atoms with E-state index in [-0.39, 0.29) is 5.02 Å². The zero-order valence-electron chi connectivity index (χ0n) is 10.7. The van der Waals surface area contributed by atoms with Crippen LogP contribution in [0.25, 0.3) is 0 Å². The van der Waals surface area contributed by atoms with E-state index in [1.165, 1.54) is 6.07 Å². The van der Waals surface area contributed by atoms with E-state index >= 15 is 0 Å². The van der Waals surface area contributed by atoms with Gasteiger partial charge in [-0.15, -0.1) is 0 Å². The van der Waals surface area contributed by atoms with Crippen molar-refractivity contribution in [2.45, 2.75) is 19.5 Å². The Kier molecular flexibility index (Phi) is 3.43. The average molecular weight is 291 g/mol. The highest BCUT2D eigenvalue weighted by Crippen LogP contribution is 2.21. The number of hydrogen-bond acceptors (Lipinski definition) is 3. The molecule has 2 aromatic rings. The summed E-state index contributed by atoms with van der Waals surface area (Å²) in [5, 5.41) is 16.8. The summed E-state index contributed by atoms with van der Waals surface area (Å²) >= 11 is 5.79. The zero-order chi connectivity index (χ0) is 14.1. The summed E-state index contributed by atoms with van der Waals surface area (Å²) in [5.41, 5.74) is 3.36. The summed E-state index contributed by atoms with van der Waals surface area (Å²) in [5.74, 6) is -0.431. The van der Waals surface area contributed by atoms with Crippen molar-refractivity contribution in [1.29, 1.82) is 5.26 Å². The van der Waals surface area contributed by atoms with Crippen LogP contribution in [0.1, 0.15) is 22.5 Å². The molecule has 0 saturated heterocycles. The highest BCUT2D eigenvalue weighted by Gasteiger charge is 2.20. The molecule has 20 heavy (non-hydrogen) atoms. The van der Waals surface area contributed by atoms with Crippen LogP contribution < -0.4 is 5.32 Å². The molecular formula is C14H12ClFN4. The third-order valence-corrected chi connectivity index (χ3v) is 3.72. The van der Waals surface area contributed by atoms with Gasteiger partial charge in [-0.2, -0.15) is 10.4 Å². The summed E-state index contributed by atoms with van der Waals surface area (Å²) in [4.78, 5) is 0. The van der Waals surface area contributed by atoms with Gasteiger partial charge in [0.1, 0.15) is 11.9 Å². The molecule has 0 atom stereocenters. The average Bonchev–Trinajstić information content (AvgIpc) is 2.81. The third kappa shape index (κ3) is 2.28. The number of fused-ring (bicyclic) bond motifs is 1. The minimum absolute atomic E-state index is 0.102. The number of nitrogens with one attached hydrogen (secondary N) is 1. The maximum Gasteiger partial charge on any atom is 0.167 e. The van der Waals surface area contributed by atoms with Crippen molar-refractivity contribution in [1.82, 2.24) is 15.1 Å². The maximum absolute atomic E-state index is 13.2. The Morgan fingerprint density at radius 3 is 3.10 bits per heavy atom. The molecule has 0 radical (unpaired) electrons. The van der Waals surface area contributed by atoms with Gasteiger partial charge in [-0.3, -0.25) is 4.68 Å². The largest absolute Gasteiger partial charge is 0.312 e.